The molecule has 3 N–H and O–H groups in total. The van der Waals surface area contributed by atoms with Gasteiger partial charge in [-0.1, -0.05) is 42.2 Å². The molecule has 9 heteroatoms. The number of unbranched alkanes of at least 4 members (excludes halogenated alkanes) is 1. The van der Waals surface area contributed by atoms with Crippen LogP contribution in [0.15, 0.2) is 48.5 Å². The van der Waals surface area contributed by atoms with Crippen molar-refractivity contribution in [2.75, 3.05) is 25.2 Å². The molecule has 0 radical (unpaired) electrons. The second kappa shape index (κ2) is 10.6. The maximum atomic E-state index is 13.1. The fourth-order valence-electron chi connectivity index (χ4n) is 3.50. The first-order valence-electron chi connectivity index (χ1n) is 11.0. The molecular formula is C25H25N5O4. The Hall–Kier alpha value is -4.16. The zero-order valence-corrected chi connectivity index (χ0v) is 18.7. The summed E-state index contributed by atoms with van der Waals surface area (Å²) in [5.41, 5.74) is 2.34. The van der Waals surface area contributed by atoms with Gasteiger partial charge in [-0.15, -0.1) is 5.10 Å². The zero-order valence-electron chi connectivity index (χ0n) is 18.7. The van der Waals surface area contributed by atoms with Crippen molar-refractivity contribution in [2.45, 2.75) is 25.3 Å². The van der Waals surface area contributed by atoms with Crippen molar-refractivity contribution < 1.29 is 19.4 Å². The first kappa shape index (κ1) is 23.0. The van der Waals surface area contributed by atoms with Crippen LogP contribution in [0.4, 0.5) is 5.69 Å². The molecule has 9 nitrogen and oxygen atoms in total. The molecular weight excluding hydrogens is 434 g/mol. The molecule has 34 heavy (non-hydrogen) atoms. The summed E-state index contributed by atoms with van der Waals surface area (Å²) in [4.78, 5) is 31.5. The number of carbonyl (C=O) groups excluding carboxylic acids is 2. The quantitative estimate of drug-likeness (QED) is 0.381. The topological polar surface area (TPSA) is 120 Å². The lowest BCUT2D eigenvalue weighted by Crippen LogP contribution is -2.49. The Labute approximate surface area is 197 Å². The van der Waals surface area contributed by atoms with Crippen LogP contribution < -0.4 is 15.0 Å². The monoisotopic (exact) mass is 459 g/mol. The van der Waals surface area contributed by atoms with E-state index in [9.17, 15) is 9.59 Å². The fraction of sp³-hybridized carbons (Fsp3) is 0.280. The van der Waals surface area contributed by atoms with Gasteiger partial charge < -0.3 is 20.1 Å². The first-order chi connectivity index (χ1) is 16.5. The number of amides is 2. The van der Waals surface area contributed by atoms with E-state index in [-0.39, 0.29) is 24.9 Å². The van der Waals surface area contributed by atoms with Crippen molar-refractivity contribution in [3.63, 3.8) is 0 Å². The number of nitrogens with one attached hydrogen (secondary N) is 2. The van der Waals surface area contributed by atoms with Crippen LogP contribution in [0.5, 0.6) is 5.75 Å². The summed E-state index contributed by atoms with van der Waals surface area (Å²) in [5.74, 6) is 6.17. The zero-order chi connectivity index (χ0) is 23.9. The van der Waals surface area contributed by atoms with Crippen molar-refractivity contribution in [3.05, 3.63) is 71.3 Å². The molecule has 2 amide bonds. The maximum absolute atomic E-state index is 13.1. The van der Waals surface area contributed by atoms with Gasteiger partial charge in [-0.05, 0) is 30.2 Å². The molecule has 1 aromatic heterocycles. The van der Waals surface area contributed by atoms with Crippen LogP contribution in [0.1, 0.15) is 40.4 Å². The van der Waals surface area contributed by atoms with Gasteiger partial charge in [0.1, 0.15) is 24.2 Å². The van der Waals surface area contributed by atoms with Crippen molar-refractivity contribution >= 4 is 17.5 Å². The van der Waals surface area contributed by atoms with E-state index in [1.807, 2.05) is 36.4 Å². The number of aromatic amines is 1. The Morgan fingerprint density at radius 3 is 2.91 bits per heavy atom. The van der Waals surface area contributed by atoms with Crippen molar-refractivity contribution in [3.8, 4) is 17.6 Å². The maximum Gasteiger partial charge on any atom is 0.291 e. The summed E-state index contributed by atoms with van der Waals surface area (Å²) >= 11 is 0. The molecule has 2 aromatic carbocycles. The Morgan fingerprint density at radius 1 is 1.29 bits per heavy atom. The van der Waals surface area contributed by atoms with Gasteiger partial charge in [0, 0.05) is 32.1 Å². The summed E-state index contributed by atoms with van der Waals surface area (Å²) in [6, 6.07) is 14.1. The molecule has 2 heterocycles. The number of benzene rings is 2. The highest BCUT2D eigenvalue weighted by molar-refractivity contribution is 6.02. The molecule has 4 rings (SSSR count). The summed E-state index contributed by atoms with van der Waals surface area (Å²) in [6.45, 7) is 0.0733. The Balaban J connectivity index is 1.43. The third-order valence-corrected chi connectivity index (χ3v) is 5.30. The Kier molecular flexibility index (Phi) is 7.20. The number of aliphatic hydroxyl groups excluding tert-OH is 1. The second-order valence-electron chi connectivity index (χ2n) is 7.81. The van der Waals surface area contributed by atoms with E-state index >= 15 is 0 Å². The molecule has 1 aliphatic heterocycles. The van der Waals surface area contributed by atoms with Gasteiger partial charge in [0.15, 0.2) is 0 Å². The summed E-state index contributed by atoms with van der Waals surface area (Å²) in [7, 11) is 1.63. The molecule has 0 bridgehead atoms. The summed E-state index contributed by atoms with van der Waals surface area (Å²) < 4.78 is 5.81. The molecule has 174 valence electrons. The number of carbonyl (C=O) groups is 2. The normalized spacial score (nSPS) is 14.9. The smallest absolute Gasteiger partial charge is 0.291 e. The molecule has 0 spiro atoms. The van der Waals surface area contributed by atoms with E-state index < -0.39 is 11.9 Å². The average Bonchev–Trinajstić information content (AvgIpc) is 3.29. The van der Waals surface area contributed by atoms with Crippen LogP contribution >= 0.6 is 0 Å². The highest BCUT2D eigenvalue weighted by atomic mass is 16.5. The standard InChI is InChI=1S/C25H25N5O4/c1-30-20-14-18(10-6-3-7-13-31)11-12-21(20)34-16-19(25(30)33)26-24(32)23-27-22(28-29-23)15-17-8-4-2-5-9-17/h2,4-5,8-9,11-12,14,19,31H,3,7,13,15-16H2,1H3,(H,26,32)(H,27,28,29). The van der Waals surface area contributed by atoms with Crippen LogP contribution in [-0.2, 0) is 11.2 Å². The molecule has 0 saturated heterocycles. The number of anilines is 1. The van der Waals surface area contributed by atoms with Crippen LogP contribution in [0.25, 0.3) is 0 Å². The van der Waals surface area contributed by atoms with Crippen molar-refractivity contribution in [1.82, 2.24) is 20.5 Å². The predicted molar refractivity (Wildman–Crippen MR) is 125 cm³/mol. The fourth-order valence-corrected chi connectivity index (χ4v) is 3.50. The van der Waals surface area contributed by atoms with E-state index in [1.165, 1.54) is 4.90 Å². The van der Waals surface area contributed by atoms with Crippen molar-refractivity contribution in [2.24, 2.45) is 0 Å². The SMILES string of the molecule is CN1C(=O)C(NC(=O)c2n[nH]c(Cc3ccccc3)n2)COc2ccc(C#CCCCO)cc21. The number of aromatic nitrogens is 3. The van der Waals surface area contributed by atoms with Crippen LogP contribution in [0.3, 0.4) is 0 Å². The van der Waals surface area contributed by atoms with Crippen LogP contribution in [0.2, 0.25) is 0 Å². The minimum absolute atomic E-state index is 0.0231. The highest BCUT2D eigenvalue weighted by Gasteiger charge is 2.31. The van der Waals surface area contributed by atoms with Gasteiger partial charge in [0.25, 0.3) is 11.8 Å². The van der Waals surface area contributed by atoms with Gasteiger partial charge in [-0.3, -0.25) is 14.7 Å². The van der Waals surface area contributed by atoms with Gasteiger partial charge in [-0.2, -0.15) is 0 Å². The Morgan fingerprint density at radius 2 is 2.12 bits per heavy atom. The Bertz CT molecular complexity index is 1230. The minimum atomic E-state index is -0.903. The van der Waals surface area contributed by atoms with Gasteiger partial charge in [0.2, 0.25) is 5.82 Å². The van der Waals surface area contributed by atoms with Crippen LogP contribution in [0, 0.1) is 11.8 Å². The molecule has 3 aromatic rings. The minimum Gasteiger partial charge on any atom is -0.489 e. The molecule has 1 atom stereocenters. The largest absolute Gasteiger partial charge is 0.489 e. The number of fused-ring (bicyclic) bond motifs is 1. The van der Waals surface area contributed by atoms with Gasteiger partial charge in [0.05, 0.1) is 5.69 Å². The van der Waals surface area contributed by atoms with E-state index in [0.29, 0.717) is 36.5 Å². The van der Waals surface area contributed by atoms with Crippen LogP contribution in [-0.4, -0.2) is 58.4 Å². The number of rotatable bonds is 6. The second-order valence-corrected chi connectivity index (χ2v) is 7.81. The number of nitrogens with zero attached hydrogens (tertiary/aromatic N) is 3. The lowest BCUT2D eigenvalue weighted by molar-refractivity contribution is -0.120. The third kappa shape index (κ3) is 5.42. The predicted octanol–water partition coefficient (Wildman–Crippen LogP) is 1.67. The van der Waals surface area contributed by atoms with E-state index in [1.54, 1.807) is 19.2 Å². The summed E-state index contributed by atoms with van der Waals surface area (Å²) in [5, 5.41) is 18.3. The molecule has 0 fully saturated rings. The molecule has 0 aliphatic carbocycles. The lowest BCUT2D eigenvalue weighted by atomic mass is 10.1. The number of hydrogen-bond acceptors (Lipinski definition) is 6. The lowest BCUT2D eigenvalue weighted by Gasteiger charge is -2.20. The number of hydrogen-bond donors (Lipinski definition) is 3. The molecule has 0 saturated carbocycles. The van der Waals surface area contributed by atoms with E-state index in [4.69, 9.17) is 9.84 Å². The number of H-pyrrole nitrogens is 1. The third-order valence-electron chi connectivity index (χ3n) is 5.30. The summed E-state index contributed by atoms with van der Waals surface area (Å²) in [6.07, 6.45) is 1.70. The van der Waals surface area contributed by atoms with E-state index in [0.717, 1.165) is 11.1 Å². The number of likely N-dealkylation sites (N-methyl/N-ethyl adjacent to an activating group) is 1. The number of aliphatic hydroxyl groups is 1. The molecule has 1 aliphatic rings. The van der Waals surface area contributed by atoms with E-state index in [2.05, 4.69) is 32.3 Å². The van der Waals surface area contributed by atoms with Gasteiger partial charge >= 0.3 is 0 Å². The first-order valence-corrected chi connectivity index (χ1v) is 11.0. The number of ether oxygens (including phenoxy) is 1. The van der Waals surface area contributed by atoms with Gasteiger partial charge in [-0.25, -0.2) is 4.98 Å². The molecule has 1 unspecified atom stereocenters. The highest BCUT2D eigenvalue weighted by Crippen LogP contribution is 2.31. The average molecular weight is 460 g/mol. The van der Waals surface area contributed by atoms with Crippen molar-refractivity contribution in [1.29, 1.82) is 0 Å².